The summed E-state index contributed by atoms with van der Waals surface area (Å²) in [4.78, 5) is 27.7. The van der Waals surface area contributed by atoms with Crippen LogP contribution >= 0.6 is 0 Å². The monoisotopic (exact) mass is 381 g/mol. The topological polar surface area (TPSA) is 55.8 Å². The molecule has 0 aliphatic carbocycles. The van der Waals surface area contributed by atoms with Crippen LogP contribution < -0.4 is 4.74 Å². The van der Waals surface area contributed by atoms with Gasteiger partial charge in [-0.25, -0.2) is 0 Å². The molecule has 3 atom stereocenters. The summed E-state index contributed by atoms with van der Waals surface area (Å²) in [5, 5.41) is 0. The SMILES string of the molecule is CCN1C(=O)C[C@H](c2ccc(OC)cc2)[C@H](C(=O)OC)[C@H]1c1ccc(C)cc1. The molecule has 0 aromatic heterocycles. The summed E-state index contributed by atoms with van der Waals surface area (Å²) in [5.41, 5.74) is 3.03. The van der Waals surface area contributed by atoms with Gasteiger partial charge in [0, 0.05) is 18.9 Å². The normalized spacial score (nSPS) is 22.1. The Morgan fingerprint density at radius 1 is 1.04 bits per heavy atom. The van der Waals surface area contributed by atoms with Crippen LogP contribution in [0.25, 0.3) is 0 Å². The Bertz CT molecular complexity index is 829. The van der Waals surface area contributed by atoms with E-state index in [1.54, 1.807) is 12.0 Å². The molecule has 0 spiro atoms. The lowest BCUT2D eigenvalue weighted by Gasteiger charge is -2.44. The lowest BCUT2D eigenvalue weighted by Crippen LogP contribution is -2.48. The van der Waals surface area contributed by atoms with Gasteiger partial charge in [0.2, 0.25) is 5.91 Å². The van der Waals surface area contributed by atoms with E-state index in [-0.39, 0.29) is 30.3 Å². The summed E-state index contributed by atoms with van der Waals surface area (Å²) >= 11 is 0. The third-order valence-corrected chi connectivity index (χ3v) is 5.60. The van der Waals surface area contributed by atoms with Crippen molar-refractivity contribution < 1.29 is 19.1 Å². The number of amides is 1. The quantitative estimate of drug-likeness (QED) is 0.738. The zero-order valence-corrected chi connectivity index (χ0v) is 16.8. The summed E-state index contributed by atoms with van der Waals surface area (Å²) in [5.74, 6) is -0.226. The molecule has 1 fully saturated rings. The molecule has 1 heterocycles. The maximum atomic E-state index is 13.0. The lowest BCUT2D eigenvalue weighted by atomic mass is 9.73. The number of esters is 1. The smallest absolute Gasteiger partial charge is 0.311 e. The molecule has 1 saturated heterocycles. The van der Waals surface area contributed by atoms with Crippen LogP contribution in [0.2, 0.25) is 0 Å². The molecule has 5 nitrogen and oxygen atoms in total. The van der Waals surface area contributed by atoms with Crippen LogP contribution in [-0.2, 0) is 14.3 Å². The highest BCUT2D eigenvalue weighted by Gasteiger charge is 2.47. The maximum absolute atomic E-state index is 13.0. The van der Waals surface area contributed by atoms with E-state index in [0.717, 1.165) is 22.4 Å². The molecule has 0 N–H and O–H groups in total. The molecule has 5 heteroatoms. The first-order valence-electron chi connectivity index (χ1n) is 9.58. The largest absolute Gasteiger partial charge is 0.497 e. The number of hydrogen-bond donors (Lipinski definition) is 0. The van der Waals surface area contributed by atoms with Crippen LogP contribution in [0, 0.1) is 12.8 Å². The van der Waals surface area contributed by atoms with Crippen LogP contribution in [0.5, 0.6) is 5.75 Å². The van der Waals surface area contributed by atoms with E-state index in [1.165, 1.54) is 7.11 Å². The molecule has 0 saturated carbocycles. The second kappa shape index (κ2) is 8.46. The first-order valence-corrected chi connectivity index (χ1v) is 9.58. The first kappa shape index (κ1) is 19.9. The van der Waals surface area contributed by atoms with Crippen molar-refractivity contribution in [3.05, 3.63) is 65.2 Å². The van der Waals surface area contributed by atoms with Gasteiger partial charge in [0.15, 0.2) is 0 Å². The number of methoxy groups -OCH3 is 2. The summed E-state index contributed by atoms with van der Waals surface area (Å²) in [6.45, 7) is 4.51. The Morgan fingerprint density at radius 2 is 1.64 bits per heavy atom. The number of ether oxygens (including phenoxy) is 2. The molecule has 2 aromatic rings. The third kappa shape index (κ3) is 3.75. The molecule has 1 aliphatic rings. The van der Waals surface area contributed by atoms with Gasteiger partial charge < -0.3 is 14.4 Å². The van der Waals surface area contributed by atoms with E-state index in [2.05, 4.69) is 0 Å². The number of benzene rings is 2. The second-order valence-electron chi connectivity index (χ2n) is 7.17. The Morgan fingerprint density at radius 3 is 2.18 bits per heavy atom. The number of likely N-dealkylation sites (tertiary alicyclic amines) is 1. The zero-order chi connectivity index (χ0) is 20.3. The molecule has 1 amide bonds. The van der Waals surface area contributed by atoms with Crippen molar-refractivity contribution >= 4 is 11.9 Å². The summed E-state index contributed by atoms with van der Waals surface area (Å²) < 4.78 is 10.4. The van der Waals surface area contributed by atoms with Crippen molar-refractivity contribution in [1.82, 2.24) is 4.90 Å². The van der Waals surface area contributed by atoms with Gasteiger partial charge in [-0.2, -0.15) is 0 Å². The van der Waals surface area contributed by atoms with Crippen molar-refractivity contribution in [3.8, 4) is 5.75 Å². The fourth-order valence-electron chi connectivity index (χ4n) is 4.13. The second-order valence-corrected chi connectivity index (χ2v) is 7.17. The van der Waals surface area contributed by atoms with E-state index in [4.69, 9.17) is 9.47 Å². The summed E-state index contributed by atoms with van der Waals surface area (Å²) in [6.07, 6.45) is 0.280. The Balaban J connectivity index is 2.09. The molecule has 0 radical (unpaired) electrons. The molecule has 148 valence electrons. The number of nitrogens with zero attached hydrogens (tertiary/aromatic N) is 1. The van der Waals surface area contributed by atoms with E-state index in [0.29, 0.717) is 6.54 Å². The number of piperidine rings is 1. The number of aryl methyl sites for hydroxylation is 1. The van der Waals surface area contributed by atoms with Crippen LogP contribution in [0.3, 0.4) is 0 Å². The maximum Gasteiger partial charge on any atom is 0.311 e. The van der Waals surface area contributed by atoms with Gasteiger partial charge in [-0.1, -0.05) is 42.0 Å². The molecule has 0 unspecified atom stereocenters. The average molecular weight is 381 g/mol. The molecular weight excluding hydrogens is 354 g/mol. The van der Waals surface area contributed by atoms with Crippen LogP contribution in [-0.4, -0.2) is 37.5 Å². The van der Waals surface area contributed by atoms with Gasteiger partial charge >= 0.3 is 5.97 Å². The van der Waals surface area contributed by atoms with Gasteiger partial charge in [0.25, 0.3) is 0 Å². The van der Waals surface area contributed by atoms with Crippen molar-refractivity contribution in [2.75, 3.05) is 20.8 Å². The highest BCUT2D eigenvalue weighted by Crippen LogP contribution is 2.45. The summed E-state index contributed by atoms with van der Waals surface area (Å²) in [6, 6.07) is 15.3. The highest BCUT2D eigenvalue weighted by atomic mass is 16.5. The predicted molar refractivity (Wildman–Crippen MR) is 107 cm³/mol. The minimum atomic E-state index is -0.473. The van der Waals surface area contributed by atoms with Crippen molar-refractivity contribution in [2.24, 2.45) is 5.92 Å². The molecular formula is C23H27NO4. The molecule has 0 bridgehead atoms. The fourth-order valence-corrected chi connectivity index (χ4v) is 4.13. The average Bonchev–Trinajstić information content (AvgIpc) is 2.73. The Hall–Kier alpha value is -2.82. The van der Waals surface area contributed by atoms with Gasteiger partial charge in [-0.3, -0.25) is 9.59 Å². The standard InChI is InChI=1S/C23H27NO4/c1-5-24-20(25)14-19(16-10-12-18(27-3)13-11-16)21(23(26)28-4)22(24)17-8-6-15(2)7-9-17/h6-13,19,21-22H,5,14H2,1-4H3/t19-,21+,22-/m1/s1. The fraction of sp³-hybridized carbons (Fsp3) is 0.391. The van der Waals surface area contributed by atoms with Gasteiger partial charge in [0.1, 0.15) is 5.75 Å². The zero-order valence-electron chi connectivity index (χ0n) is 16.8. The van der Waals surface area contributed by atoms with Gasteiger partial charge in [-0.05, 0) is 37.1 Å². The molecule has 1 aliphatic heterocycles. The number of carbonyl (C=O) groups excluding carboxylic acids is 2. The van der Waals surface area contributed by atoms with Crippen LogP contribution in [0.4, 0.5) is 0 Å². The molecule has 28 heavy (non-hydrogen) atoms. The van der Waals surface area contributed by atoms with Gasteiger partial charge in [0.05, 0.1) is 26.2 Å². The molecule has 2 aromatic carbocycles. The number of hydrogen-bond acceptors (Lipinski definition) is 4. The van der Waals surface area contributed by atoms with E-state index >= 15 is 0 Å². The summed E-state index contributed by atoms with van der Waals surface area (Å²) in [7, 11) is 3.02. The first-order chi connectivity index (χ1) is 13.5. The molecule has 3 rings (SSSR count). The third-order valence-electron chi connectivity index (χ3n) is 5.60. The number of carbonyl (C=O) groups is 2. The number of rotatable bonds is 5. The Labute approximate surface area is 166 Å². The van der Waals surface area contributed by atoms with Crippen molar-refractivity contribution in [1.29, 1.82) is 0 Å². The van der Waals surface area contributed by atoms with Crippen molar-refractivity contribution in [2.45, 2.75) is 32.2 Å². The van der Waals surface area contributed by atoms with Crippen molar-refractivity contribution in [3.63, 3.8) is 0 Å². The lowest BCUT2D eigenvalue weighted by molar-refractivity contribution is -0.156. The van der Waals surface area contributed by atoms with E-state index in [1.807, 2.05) is 62.4 Å². The minimum Gasteiger partial charge on any atom is -0.497 e. The van der Waals surface area contributed by atoms with E-state index in [9.17, 15) is 9.59 Å². The van der Waals surface area contributed by atoms with Crippen LogP contribution in [0.15, 0.2) is 48.5 Å². The van der Waals surface area contributed by atoms with Crippen LogP contribution in [0.1, 0.15) is 42.0 Å². The van der Waals surface area contributed by atoms with E-state index < -0.39 is 5.92 Å². The highest BCUT2D eigenvalue weighted by molar-refractivity contribution is 5.84. The van der Waals surface area contributed by atoms with Gasteiger partial charge in [-0.15, -0.1) is 0 Å². The minimum absolute atomic E-state index is 0.0500. The Kier molecular flexibility index (Phi) is 6.02. The predicted octanol–water partition coefficient (Wildman–Crippen LogP) is 3.87.